The third-order valence-electron chi connectivity index (χ3n) is 4.39. The number of benzene rings is 2. The van der Waals surface area contributed by atoms with Crippen molar-refractivity contribution >= 4 is 23.2 Å². The first-order valence-electron chi connectivity index (χ1n) is 8.54. The second-order valence-corrected chi connectivity index (χ2v) is 6.94. The summed E-state index contributed by atoms with van der Waals surface area (Å²) in [5.41, 5.74) is 1.89. The summed E-state index contributed by atoms with van der Waals surface area (Å²) in [6.07, 6.45) is 0.568. The molecule has 1 aliphatic heterocycles. The Morgan fingerprint density at radius 2 is 1.88 bits per heavy atom. The smallest absolute Gasteiger partial charge is 0.119 e. The number of hydrogen-bond acceptors (Lipinski definition) is 4. The molecule has 2 aromatic carbocycles. The maximum atomic E-state index is 8.74. The SMILES string of the molecule is N#CCCN1CCO[C@H](c2ccc(OCc3c(Cl)cccc3Cl)cc2)C1. The normalized spacial score (nSPS) is 17.7. The molecule has 0 unspecified atom stereocenters. The Morgan fingerprint density at radius 3 is 2.58 bits per heavy atom. The van der Waals surface area contributed by atoms with Crippen molar-refractivity contribution < 1.29 is 9.47 Å². The molecule has 1 fully saturated rings. The number of ether oxygens (including phenoxy) is 2. The van der Waals surface area contributed by atoms with Gasteiger partial charge in [-0.2, -0.15) is 5.26 Å². The van der Waals surface area contributed by atoms with E-state index in [1.54, 1.807) is 12.1 Å². The molecule has 136 valence electrons. The first kappa shape index (κ1) is 19.0. The maximum Gasteiger partial charge on any atom is 0.119 e. The van der Waals surface area contributed by atoms with Crippen LogP contribution in [0.3, 0.4) is 0 Å². The lowest BCUT2D eigenvalue weighted by Crippen LogP contribution is -2.38. The molecule has 0 bridgehead atoms. The zero-order valence-corrected chi connectivity index (χ0v) is 15.8. The molecule has 2 aromatic rings. The van der Waals surface area contributed by atoms with Gasteiger partial charge in [0.25, 0.3) is 0 Å². The van der Waals surface area contributed by atoms with Crippen LogP contribution in [-0.2, 0) is 11.3 Å². The third kappa shape index (κ3) is 4.90. The van der Waals surface area contributed by atoms with Crippen molar-refractivity contribution in [3.63, 3.8) is 0 Å². The molecule has 6 heteroatoms. The topological polar surface area (TPSA) is 45.5 Å². The van der Waals surface area contributed by atoms with Gasteiger partial charge in [0.15, 0.2) is 0 Å². The molecule has 0 spiro atoms. The van der Waals surface area contributed by atoms with Gasteiger partial charge in [-0.1, -0.05) is 41.4 Å². The molecule has 1 saturated heterocycles. The van der Waals surface area contributed by atoms with Crippen LogP contribution >= 0.6 is 23.2 Å². The minimum Gasteiger partial charge on any atom is -0.489 e. The highest BCUT2D eigenvalue weighted by atomic mass is 35.5. The Hall–Kier alpha value is -1.77. The van der Waals surface area contributed by atoms with E-state index in [4.69, 9.17) is 37.9 Å². The van der Waals surface area contributed by atoms with Crippen molar-refractivity contribution in [3.05, 3.63) is 63.6 Å². The van der Waals surface area contributed by atoms with Gasteiger partial charge >= 0.3 is 0 Å². The van der Waals surface area contributed by atoms with Crippen molar-refractivity contribution in [2.45, 2.75) is 19.1 Å². The van der Waals surface area contributed by atoms with Crippen molar-refractivity contribution in [1.82, 2.24) is 4.90 Å². The first-order chi connectivity index (χ1) is 12.7. The summed E-state index contributed by atoms with van der Waals surface area (Å²) in [4.78, 5) is 2.27. The molecule has 1 aliphatic rings. The summed E-state index contributed by atoms with van der Waals surface area (Å²) in [6.45, 7) is 3.46. The molecular weight excluding hydrogens is 371 g/mol. The van der Waals surface area contributed by atoms with E-state index < -0.39 is 0 Å². The molecule has 0 saturated carbocycles. The quantitative estimate of drug-likeness (QED) is 0.706. The molecule has 0 aromatic heterocycles. The van der Waals surface area contributed by atoms with Crippen LogP contribution in [0.4, 0.5) is 0 Å². The van der Waals surface area contributed by atoms with Gasteiger partial charge in [0.2, 0.25) is 0 Å². The van der Waals surface area contributed by atoms with Crippen molar-refractivity contribution in [1.29, 1.82) is 5.26 Å². The highest BCUT2D eigenvalue weighted by Gasteiger charge is 2.21. The van der Waals surface area contributed by atoms with Crippen molar-refractivity contribution in [2.75, 3.05) is 26.2 Å². The van der Waals surface area contributed by atoms with Crippen molar-refractivity contribution in [2.24, 2.45) is 0 Å². The van der Waals surface area contributed by atoms with E-state index in [0.29, 0.717) is 29.7 Å². The highest BCUT2D eigenvalue weighted by molar-refractivity contribution is 6.35. The van der Waals surface area contributed by atoms with Gasteiger partial charge in [-0.25, -0.2) is 0 Å². The summed E-state index contributed by atoms with van der Waals surface area (Å²) in [5, 5.41) is 9.94. The number of morpholine rings is 1. The van der Waals surface area contributed by atoms with Gasteiger partial charge < -0.3 is 9.47 Å². The Labute approximate surface area is 163 Å². The maximum absolute atomic E-state index is 8.74. The van der Waals surface area contributed by atoms with E-state index in [2.05, 4.69) is 11.0 Å². The number of halogens is 2. The average Bonchev–Trinajstić information content (AvgIpc) is 2.67. The van der Waals surface area contributed by atoms with Gasteiger partial charge in [-0.05, 0) is 29.8 Å². The second kappa shape index (κ2) is 9.25. The Kier molecular flexibility index (Phi) is 6.76. The van der Waals surface area contributed by atoms with Crippen LogP contribution in [0, 0.1) is 11.3 Å². The molecule has 3 rings (SSSR count). The van der Waals surface area contributed by atoms with Gasteiger partial charge in [0.1, 0.15) is 12.4 Å². The lowest BCUT2D eigenvalue weighted by molar-refractivity contribution is -0.0292. The van der Waals surface area contributed by atoms with E-state index in [1.807, 2.05) is 30.3 Å². The fourth-order valence-corrected chi connectivity index (χ4v) is 3.43. The van der Waals surface area contributed by atoms with Crippen LogP contribution in [-0.4, -0.2) is 31.1 Å². The molecule has 0 N–H and O–H groups in total. The van der Waals surface area contributed by atoms with Crippen LogP contribution in [0.2, 0.25) is 10.0 Å². The lowest BCUT2D eigenvalue weighted by atomic mass is 10.1. The summed E-state index contributed by atoms with van der Waals surface area (Å²) in [5.74, 6) is 0.752. The number of nitrogens with zero attached hydrogens (tertiary/aromatic N) is 2. The van der Waals surface area contributed by atoms with E-state index in [9.17, 15) is 0 Å². The third-order valence-corrected chi connectivity index (χ3v) is 5.10. The van der Waals surface area contributed by atoms with Crippen LogP contribution < -0.4 is 4.74 Å². The van der Waals surface area contributed by atoms with E-state index in [0.717, 1.165) is 36.5 Å². The van der Waals surface area contributed by atoms with Crippen LogP contribution in [0.25, 0.3) is 0 Å². The summed E-state index contributed by atoms with van der Waals surface area (Å²) in [6, 6.07) is 15.5. The standard InChI is InChI=1S/C20H20Cl2N2O2/c21-18-3-1-4-19(22)17(18)14-26-16-7-5-15(6-8-16)20-13-24(10-2-9-23)11-12-25-20/h1,3-8,20H,2,10-14H2/t20-/m0/s1. The van der Waals surface area contributed by atoms with Crippen LogP contribution in [0.15, 0.2) is 42.5 Å². The predicted octanol–water partition coefficient (Wildman–Crippen LogP) is 4.86. The summed E-state index contributed by atoms with van der Waals surface area (Å²) < 4.78 is 11.7. The molecule has 0 amide bonds. The Balaban J connectivity index is 1.59. The monoisotopic (exact) mass is 390 g/mol. The van der Waals surface area contributed by atoms with E-state index in [1.165, 1.54) is 0 Å². The molecule has 26 heavy (non-hydrogen) atoms. The van der Waals surface area contributed by atoms with Crippen molar-refractivity contribution in [3.8, 4) is 11.8 Å². The minimum absolute atomic E-state index is 0.0227. The van der Waals surface area contributed by atoms with Crippen LogP contribution in [0.1, 0.15) is 23.7 Å². The fourth-order valence-electron chi connectivity index (χ4n) is 2.92. The summed E-state index contributed by atoms with van der Waals surface area (Å²) >= 11 is 12.3. The summed E-state index contributed by atoms with van der Waals surface area (Å²) in [7, 11) is 0. The second-order valence-electron chi connectivity index (χ2n) is 6.13. The highest BCUT2D eigenvalue weighted by Crippen LogP contribution is 2.27. The van der Waals surface area contributed by atoms with E-state index in [-0.39, 0.29) is 6.10 Å². The molecule has 0 aliphatic carbocycles. The largest absolute Gasteiger partial charge is 0.489 e. The molecular formula is C20H20Cl2N2O2. The van der Waals surface area contributed by atoms with Gasteiger partial charge in [0.05, 0.1) is 18.8 Å². The number of hydrogen-bond donors (Lipinski definition) is 0. The average molecular weight is 391 g/mol. The van der Waals surface area contributed by atoms with Crippen LogP contribution in [0.5, 0.6) is 5.75 Å². The number of rotatable bonds is 6. The number of nitriles is 1. The molecule has 1 atom stereocenters. The zero-order valence-electron chi connectivity index (χ0n) is 14.3. The minimum atomic E-state index is 0.0227. The Bertz CT molecular complexity index is 754. The zero-order chi connectivity index (χ0) is 18.4. The molecule has 0 radical (unpaired) electrons. The van der Waals surface area contributed by atoms with Gasteiger partial charge in [-0.15, -0.1) is 0 Å². The lowest BCUT2D eigenvalue weighted by Gasteiger charge is -2.32. The molecule has 4 nitrogen and oxygen atoms in total. The fraction of sp³-hybridized carbons (Fsp3) is 0.350. The predicted molar refractivity (Wildman–Crippen MR) is 103 cm³/mol. The Morgan fingerprint density at radius 1 is 1.15 bits per heavy atom. The first-order valence-corrected chi connectivity index (χ1v) is 9.29. The molecule has 1 heterocycles. The van der Waals surface area contributed by atoms with Gasteiger partial charge in [0, 0.05) is 41.7 Å². The van der Waals surface area contributed by atoms with E-state index >= 15 is 0 Å². The van der Waals surface area contributed by atoms with Gasteiger partial charge in [-0.3, -0.25) is 4.90 Å².